The van der Waals surface area contributed by atoms with Gasteiger partial charge in [0.15, 0.2) is 0 Å². The van der Waals surface area contributed by atoms with Crippen LogP contribution >= 0.6 is 11.3 Å². The molecule has 0 bridgehead atoms. The predicted octanol–water partition coefficient (Wildman–Crippen LogP) is 3.10. The molecule has 0 spiro atoms. The first-order valence-electron chi connectivity index (χ1n) is 5.99. The summed E-state index contributed by atoms with van der Waals surface area (Å²) in [7, 11) is 1.79. The molecule has 6 heteroatoms. The minimum atomic E-state index is -0.653. The van der Waals surface area contributed by atoms with Crippen molar-refractivity contribution in [3.05, 3.63) is 52.2 Å². The van der Waals surface area contributed by atoms with E-state index in [4.69, 9.17) is 0 Å². The molecule has 2 rings (SSSR count). The molecule has 0 atom stereocenters. The van der Waals surface area contributed by atoms with E-state index in [-0.39, 0.29) is 18.1 Å². The number of hydrogen-bond donors (Lipinski definition) is 1. The van der Waals surface area contributed by atoms with E-state index in [0.29, 0.717) is 6.54 Å². The smallest absolute Gasteiger partial charge is 0.238 e. The second kappa shape index (κ2) is 6.58. The molecule has 1 amide bonds. The maximum atomic E-state index is 13.4. The Bertz CT molecular complexity index is 587. The highest BCUT2D eigenvalue weighted by molar-refractivity contribution is 7.07. The monoisotopic (exact) mass is 296 g/mol. The van der Waals surface area contributed by atoms with Crippen LogP contribution in [-0.4, -0.2) is 24.4 Å². The number of amides is 1. The first-order valence-corrected chi connectivity index (χ1v) is 6.93. The van der Waals surface area contributed by atoms with Gasteiger partial charge in [-0.25, -0.2) is 8.78 Å². The maximum absolute atomic E-state index is 13.4. The lowest BCUT2D eigenvalue weighted by molar-refractivity contribution is -0.117. The molecular formula is C14H14F2N2OS. The normalized spacial score (nSPS) is 10.8. The van der Waals surface area contributed by atoms with Gasteiger partial charge in [0.25, 0.3) is 0 Å². The van der Waals surface area contributed by atoms with Crippen molar-refractivity contribution in [1.29, 1.82) is 0 Å². The van der Waals surface area contributed by atoms with Gasteiger partial charge < -0.3 is 5.32 Å². The van der Waals surface area contributed by atoms with Gasteiger partial charge in [-0.1, -0.05) is 0 Å². The number of rotatable bonds is 5. The molecule has 0 aliphatic carbocycles. The zero-order chi connectivity index (χ0) is 14.5. The second-order valence-electron chi connectivity index (χ2n) is 4.48. The maximum Gasteiger partial charge on any atom is 0.238 e. The summed E-state index contributed by atoms with van der Waals surface area (Å²) in [5, 5.41) is 6.33. The topological polar surface area (TPSA) is 32.3 Å². The number of hydrogen-bond acceptors (Lipinski definition) is 3. The van der Waals surface area contributed by atoms with Gasteiger partial charge in [-0.2, -0.15) is 11.3 Å². The van der Waals surface area contributed by atoms with Crippen LogP contribution in [0, 0.1) is 11.6 Å². The summed E-state index contributed by atoms with van der Waals surface area (Å²) in [6, 6.07) is 4.94. The van der Waals surface area contributed by atoms with E-state index in [1.54, 1.807) is 23.3 Å². The van der Waals surface area contributed by atoms with Crippen molar-refractivity contribution in [3.8, 4) is 0 Å². The van der Waals surface area contributed by atoms with Crippen molar-refractivity contribution in [1.82, 2.24) is 4.90 Å². The summed E-state index contributed by atoms with van der Waals surface area (Å²) >= 11 is 1.59. The molecule has 1 aromatic heterocycles. The lowest BCUT2D eigenvalue weighted by Crippen LogP contribution is -2.30. The Balaban J connectivity index is 1.90. The quantitative estimate of drug-likeness (QED) is 0.919. The fourth-order valence-electron chi connectivity index (χ4n) is 1.78. The molecule has 0 saturated carbocycles. The van der Waals surface area contributed by atoms with E-state index < -0.39 is 11.6 Å². The predicted molar refractivity (Wildman–Crippen MR) is 75.6 cm³/mol. The van der Waals surface area contributed by atoms with Crippen molar-refractivity contribution < 1.29 is 13.6 Å². The van der Waals surface area contributed by atoms with Gasteiger partial charge >= 0.3 is 0 Å². The van der Waals surface area contributed by atoms with Gasteiger partial charge in [-0.3, -0.25) is 9.69 Å². The lowest BCUT2D eigenvalue weighted by atomic mass is 10.3. The molecule has 1 heterocycles. The molecule has 3 nitrogen and oxygen atoms in total. The molecule has 0 saturated heterocycles. The number of nitrogens with zero attached hydrogens (tertiary/aromatic N) is 1. The zero-order valence-corrected chi connectivity index (χ0v) is 11.7. The average Bonchev–Trinajstić information content (AvgIpc) is 2.86. The van der Waals surface area contributed by atoms with Crippen molar-refractivity contribution >= 4 is 22.9 Å². The van der Waals surface area contributed by atoms with E-state index in [1.165, 1.54) is 0 Å². The van der Waals surface area contributed by atoms with E-state index in [1.807, 2.05) is 16.8 Å². The number of nitrogens with one attached hydrogen (secondary N) is 1. The molecule has 0 unspecified atom stereocenters. The number of anilines is 1. The fourth-order valence-corrected chi connectivity index (χ4v) is 2.44. The van der Waals surface area contributed by atoms with Gasteiger partial charge in [0.1, 0.15) is 11.6 Å². The average molecular weight is 296 g/mol. The first kappa shape index (κ1) is 14.6. The third-order valence-electron chi connectivity index (χ3n) is 2.65. The van der Waals surface area contributed by atoms with Crippen LogP contribution in [0.2, 0.25) is 0 Å². The molecule has 0 aliphatic heterocycles. The SMILES string of the molecule is CN(CC(=O)Nc1cc(F)ccc1F)Cc1ccsc1. The van der Waals surface area contributed by atoms with E-state index in [2.05, 4.69) is 5.32 Å². The summed E-state index contributed by atoms with van der Waals surface area (Å²) in [4.78, 5) is 13.6. The van der Waals surface area contributed by atoms with Gasteiger partial charge in [-0.15, -0.1) is 0 Å². The number of likely N-dealkylation sites (N-methyl/N-ethyl adjacent to an activating group) is 1. The molecule has 106 valence electrons. The second-order valence-corrected chi connectivity index (χ2v) is 5.26. The standard InChI is InChI=1S/C14H14F2N2OS/c1-18(7-10-4-5-20-9-10)8-14(19)17-13-6-11(15)2-3-12(13)16/h2-6,9H,7-8H2,1H3,(H,17,19). The van der Waals surface area contributed by atoms with Crippen LogP contribution in [0.5, 0.6) is 0 Å². The Hall–Kier alpha value is -1.79. The van der Waals surface area contributed by atoms with Gasteiger partial charge in [0.2, 0.25) is 5.91 Å². The van der Waals surface area contributed by atoms with Crippen LogP contribution in [0.1, 0.15) is 5.56 Å². The van der Waals surface area contributed by atoms with Gasteiger partial charge in [0, 0.05) is 12.6 Å². The number of carbonyl (C=O) groups excluding carboxylic acids is 1. The highest BCUT2D eigenvalue weighted by Crippen LogP contribution is 2.15. The summed E-state index contributed by atoms with van der Waals surface area (Å²) in [5.74, 6) is -1.62. The Morgan fingerprint density at radius 2 is 2.15 bits per heavy atom. The van der Waals surface area contributed by atoms with E-state index in [0.717, 1.165) is 23.8 Å². The minimum absolute atomic E-state index is 0.103. The molecule has 20 heavy (non-hydrogen) atoms. The molecular weight excluding hydrogens is 282 g/mol. The Morgan fingerprint density at radius 1 is 1.35 bits per heavy atom. The fraction of sp³-hybridized carbons (Fsp3) is 0.214. The van der Waals surface area contributed by atoms with Gasteiger partial charge in [-0.05, 0) is 41.6 Å². The number of halogens is 2. The number of benzene rings is 1. The van der Waals surface area contributed by atoms with E-state index in [9.17, 15) is 13.6 Å². The van der Waals surface area contributed by atoms with Crippen molar-refractivity contribution in [2.24, 2.45) is 0 Å². The highest BCUT2D eigenvalue weighted by atomic mass is 32.1. The molecule has 0 fully saturated rings. The van der Waals surface area contributed by atoms with Crippen LogP contribution in [0.15, 0.2) is 35.0 Å². The third-order valence-corrected chi connectivity index (χ3v) is 3.38. The minimum Gasteiger partial charge on any atom is -0.322 e. The highest BCUT2D eigenvalue weighted by Gasteiger charge is 2.11. The molecule has 0 aliphatic rings. The summed E-state index contributed by atoms with van der Waals surface area (Å²) in [5.41, 5.74) is 0.973. The molecule has 2 aromatic rings. The Labute approximate surface area is 119 Å². The van der Waals surface area contributed by atoms with Crippen LogP contribution in [0.4, 0.5) is 14.5 Å². The van der Waals surface area contributed by atoms with E-state index >= 15 is 0 Å². The summed E-state index contributed by atoms with van der Waals surface area (Å²) in [6.07, 6.45) is 0. The summed E-state index contributed by atoms with van der Waals surface area (Å²) in [6.45, 7) is 0.731. The van der Waals surface area contributed by atoms with Crippen molar-refractivity contribution in [2.45, 2.75) is 6.54 Å². The number of thiophene rings is 1. The lowest BCUT2D eigenvalue weighted by Gasteiger charge is -2.15. The number of carbonyl (C=O) groups is 1. The Kier molecular flexibility index (Phi) is 4.81. The van der Waals surface area contributed by atoms with Crippen LogP contribution < -0.4 is 5.32 Å². The van der Waals surface area contributed by atoms with Gasteiger partial charge in [0.05, 0.1) is 12.2 Å². The zero-order valence-electron chi connectivity index (χ0n) is 10.9. The first-order chi connectivity index (χ1) is 9.54. The third kappa shape index (κ3) is 4.11. The largest absolute Gasteiger partial charge is 0.322 e. The van der Waals surface area contributed by atoms with Crippen molar-refractivity contribution in [3.63, 3.8) is 0 Å². The van der Waals surface area contributed by atoms with Crippen LogP contribution in [0.25, 0.3) is 0 Å². The molecule has 1 N–H and O–H groups in total. The molecule has 1 aromatic carbocycles. The Morgan fingerprint density at radius 3 is 2.85 bits per heavy atom. The van der Waals surface area contributed by atoms with Crippen LogP contribution in [0.3, 0.4) is 0 Å². The molecule has 0 radical (unpaired) electrons. The summed E-state index contributed by atoms with van der Waals surface area (Å²) < 4.78 is 26.4. The van der Waals surface area contributed by atoms with Crippen molar-refractivity contribution in [2.75, 3.05) is 18.9 Å². The van der Waals surface area contributed by atoms with Crippen LogP contribution in [-0.2, 0) is 11.3 Å².